The molecule has 33 heavy (non-hydrogen) atoms. The minimum Gasteiger partial charge on any atom is -0.467 e. The number of benzene rings is 1. The first-order valence-electron chi connectivity index (χ1n) is 11.4. The van der Waals surface area contributed by atoms with Gasteiger partial charge in [-0.3, -0.25) is 9.69 Å². The van der Waals surface area contributed by atoms with Gasteiger partial charge in [-0.1, -0.05) is 26.0 Å². The first-order chi connectivity index (χ1) is 15.8. The molecule has 8 nitrogen and oxygen atoms in total. The van der Waals surface area contributed by atoms with Crippen molar-refractivity contribution < 1.29 is 18.4 Å². The van der Waals surface area contributed by atoms with Gasteiger partial charge in [-0.05, 0) is 42.2 Å². The van der Waals surface area contributed by atoms with E-state index in [1.807, 2.05) is 24.2 Å². The van der Waals surface area contributed by atoms with Gasteiger partial charge in [0, 0.05) is 26.7 Å². The van der Waals surface area contributed by atoms with Gasteiger partial charge < -0.3 is 14.6 Å². The number of hydrogen-bond acceptors (Lipinski definition) is 5. The number of hydrazine groups is 1. The van der Waals surface area contributed by atoms with E-state index in [2.05, 4.69) is 24.1 Å². The lowest BCUT2D eigenvalue weighted by atomic mass is 9.97. The average Bonchev–Trinajstić information content (AvgIpc) is 3.29. The second-order valence-corrected chi connectivity index (χ2v) is 9.17. The number of nitrogens with zero attached hydrogens (tertiary/aromatic N) is 4. The van der Waals surface area contributed by atoms with Crippen molar-refractivity contribution in [3.63, 3.8) is 0 Å². The highest BCUT2D eigenvalue weighted by molar-refractivity contribution is 5.83. The van der Waals surface area contributed by atoms with Crippen molar-refractivity contribution in [2.45, 2.75) is 45.6 Å². The number of piperazine rings is 1. The second kappa shape index (κ2) is 9.93. The molecule has 178 valence electrons. The van der Waals surface area contributed by atoms with Crippen LogP contribution in [0.3, 0.4) is 0 Å². The predicted octanol–water partition coefficient (Wildman–Crippen LogP) is 2.88. The Bertz CT molecular complexity index is 950. The molecule has 3 amide bonds. The summed E-state index contributed by atoms with van der Waals surface area (Å²) in [7, 11) is 1.89. The summed E-state index contributed by atoms with van der Waals surface area (Å²) < 4.78 is 18.7. The molecule has 2 fully saturated rings. The van der Waals surface area contributed by atoms with Crippen LogP contribution in [0.1, 0.15) is 31.6 Å². The Morgan fingerprint density at radius 1 is 1.21 bits per heavy atom. The quantitative estimate of drug-likeness (QED) is 0.722. The molecule has 0 saturated carbocycles. The minimum absolute atomic E-state index is 0.0765. The molecule has 0 unspecified atom stereocenters. The van der Waals surface area contributed by atoms with Crippen LogP contribution in [0.15, 0.2) is 47.1 Å². The number of hydrogen-bond donors (Lipinski definition) is 1. The predicted molar refractivity (Wildman–Crippen MR) is 121 cm³/mol. The van der Waals surface area contributed by atoms with Gasteiger partial charge in [-0.2, -0.15) is 0 Å². The molecule has 2 aromatic rings. The van der Waals surface area contributed by atoms with Crippen LogP contribution in [0, 0.1) is 11.7 Å². The monoisotopic (exact) mass is 457 g/mol. The van der Waals surface area contributed by atoms with Crippen LogP contribution >= 0.6 is 0 Å². The smallest absolute Gasteiger partial charge is 0.333 e. The van der Waals surface area contributed by atoms with E-state index in [1.54, 1.807) is 28.3 Å². The van der Waals surface area contributed by atoms with Crippen molar-refractivity contribution in [1.82, 2.24) is 25.1 Å². The highest BCUT2D eigenvalue weighted by Crippen LogP contribution is 2.29. The molecule has 1 N–H and O–H groups in total. The van der Waals surface area contributed by atoms with Gasteiger partial charge in [0.15, 0.2) is 0 Å². The topological polar surface area (TPSA) is 72.3 Å². The number of rotatable bonds is 6. The van der Waals surface area contributed by atoms with E-state index in [4.69, 9.17) is 4.42 Å². The summed E-state index contributed by atoms with van der Waals surface area (Å²) in [5.41, 5.74) is 0.817. The normalized spacial score (nSPS) is 22.0. The summed E-state index contributed by atoms with van der Waals surface area (Å²) in [4.78, 5) is 30.7. The first-order valence-corrected chi connectivity index (χ1v) is 11.4. The molecule has 2 saturated heterocycles. The number of urea groups is 1. The van der Waals surface area contributed by atoms with E-state index < -0.39 is 0 Å². The molecule has 2 aliphatic rings. The van der Waals surface area contributed by atoms with E-state index in [-0.39, 0.29) is 30.0 Å². The Kier molecular flexibility index (Phi) is 6.99. The number of furan rings is 1. The van der Waals surface area contributed by atoms with E-state index in [9.17, 15) is 14.0 Å². The number of nitrogens with one attached hydrogen (secondary N) is 1. The Labute approximate surface area is 193 Å². The number of carbonyl (C=O) groups is 2. The first kappa shape index (κ1) is 23.3. The Morgan fingerprint density at radius 3 is 2.64 bits per heavy atom. The van der Waals surface area contributed by atoms with E-state index in [1.165, 1.54) is 12.1 Å². The number of halogens is 1. The molecule has 2 aliphatic heterocycles. The molecule has 0 aliphatic carbocycles. The Morgan fingerprint density at radius 2 is 1.97 bits per heavy atom. The molecule has 2 atom stereocenters. The molecular weight excluding hydrogens is 425 g/mol. The maximum absolute atomic E-state index is 13.4. The summed E-state index contributed by atoms with van der Waals surface area (Å²) in [6.07, 6.45) is 2.04. The number of likely N-dealkylation sites (N-methyl/N-ethyl adjacent to an activating group) is 1. The van der Waals surface area contributed by atoms with Crippen molar-refractivity contribution in [2.24, 2.45) is 5.92 Å². The lowest BCUT2D eigenvalue weighted by molar-refractivity contribution is -0.176. The van der Waals surface area contributed by atoms with Crippen molar-refractivity contribution in [1.29, 1.82) is 0 Å². The molecule has 0 radical (unpaired) electrons. The summed E-state index contributed by atoms with van der Waals surface area (Å²) >= 11 is 0. The van der Waals surface area contributed by atoms with Crippen LogP contribution in [-0.4, -0.2) is 70.6 Å². The van der Waals surface area contributed by atoms with Crippen molar-refractivity contribution in [3.8, 4) is 0 Å². The fraction of sp³-hybridized carbons (Fsp3) is 0.500. The largest absolute Gasteiger partial charge is 0.467 e. The van der Waals surface area contributed by atoms with Crippen LogP contribution in [0.25, 0.3) is 0 Å². The van der Waals surface area contributed by atoms with Crippen LogP contribution < -0.4 is 5.32 Å². The summed E-state index contributed by atoms with van der Waals surface area (Å²) in [6.45, 7) is 6.62. The molecule has 0 spiro atoms. The van der Waals surface area contributed by atoms with Gasteiger partial charge in [-0.15, -0.1) is 0 Å². The van der Waals surface area contributed by atoms with E-state index in [0.717, 1.165) is 17.7 Å². The molecule has 1 aromatic heterocycles. The minimum atomic E-state index is -0.309. The maximum atomic E-state index is 13.4. The third-order valence-electron chi connectivity index (χ3n) is 6.28. The van der Waals surface area contributed by atoms with Crippen LogP contribution in [0.2, 0.25) is 0 Å². The van der Waals surface area contributed by atoms with E-state index in [0.29, 0.717) is 38.6 Å². The summed E-state index contributed by atoms with van der Waals surface area (Å²) in [6, 6.07) is 9.21. The molecule has 4 rings (SSSR count). The average molecular weight is 458 g/mol. The SMILES string of the molecule is CC(C)C[C@H]1C(=O)N(Cc2ccco2)C[C@H]2N1CCN(C)N2C(=O)NCc1ccc(F)cc1. The second-order valence-electron chi connectivity index (χ2n) is 9.17. The van der Waals surface area contributed by atoms with Crippen molar-refractivity contribution in [2.75, 3.05) is 26.7 Å². The number of fused-ring (bicyclic) bond motifs is 1. The zero-order chi connectivity index (χ0) is 23.5. The summed E-state index contributed by atoms with van der Waals surface area (Å²) in [5, 5.41) is 6.57. The molecular formula is C24H32FN5O3. The zero-order valence-electron chi connectivity index (χ0n) is 19.4. The molecule has 1 aromatic carbocycles. The van der Waals surface area contributed by atoms with E-state index >= 15 is 0 Å². The van der Waals surface area contributed by atoms with Crippen molar-refractivity contribution >= 4 is 11.9 Å². The van der Waals surface area contributed by atoms with Crippen LogP contribution in [0.5, 0.6) is 0 Å². The van der Waals surface area contributed by atoms with Gasteiger partial charge in [0.1, 0.15) is 17.7 Å². The Hall–Kier alpha value is -2.91. The van der Waals surface area contributed by atoms with Gasteiger partial charge in [0.2, 0.25) is 5.91 Å². The Balaban J connectivity index is 1.54. The standard InChI is InChI=1S/C24H32FN5O3/c1-17(2)13-21-23(31)28(15-20-5-4-12-33-20)16-22-29(21)11-10-27(3)30(22)24(32)26-14-18-6-8-19(25)9-7-18/h4-9,12,17,21-22H,10-11,13-16H2,1-3H3,(H,26,32)/t21-,22-/m0/s1. The highest BCUT2D eigenvalue weighted by atomic mass is 19.1. The summed E-state index contributed by atoms with van der Waals surface area (Å²) in [5.74, 6) is 0.823. The zero-order valence-corrected chi connectivity index (χ0v) is 19.4. The molecule has 3 heterocycles. The molecule has 0 bridgehead atoms. The lowest BCUT2D eigenvalue weighted by Gasteiger charge is -2.55. The maximum Gasteiger partial charge on any atom is 0.333 e. The van der Waals surface area contributed by atoms with Crippen LogP contribution in [-0.2, 0) is 17.9 Å². The highest BCUT2D eigenvalue weighted by Gasteiger charge is 2.47. The fourth-order valence-electron chi connectivity index (χ4n) is 4.64. The number of amides is 3. The third-order valence-corrected chi connectivity index (χ3v) is 6.28. The molecule has 9 heteroatoms. The fourth-order valence-corrected chi connectivity index (χ4v) is 4.64. The third kappa shape index (κ3) is 5.20. The van der Waals surface area contributed by atoms with Gasteiger partial charge in [0.25, 0.3) is 0 Å². The van der Waals surface area contributed by atoms with Gasteiger partial charge >= 0.3 is 6.03 Å². The van der Waals surface area contributed by atoms with Crippen molar-refractivity contribution in [3.05, 3.63) is 59.8 Å². The number of carbonyl (C=O) groups excluding carboxylic acids is 2. The van der Waals surface area contributed by atoms with Gasteiger partial charge in [0.05, 0.1) is 25.4 Å². The lowest BCUT2D eigenvalue weighted by Crippen LogP contribution is -2.74. The van der Waals surface area contributed by atoms with Gasteiger partial charge in [-0.25, -0.2) is 19.2 Å². The van der Waals surface area contributed by atoms with Crippen LogP contribution in [0.4, 0.5) is 9.18 Å².